The van der Waals surface area contributed by atoms with Gasteiger partial charge in [-0.3, -0.25) is 4.79 Å². The fourth-order valence-electron chi connectivity index (χ4n) is 2.79. The van der Waals surface area contributed by atoms with Crippen molar-refractivity contribution in [2.45, 2.75) is 19.8 Å². The van der Waals surface area contributed by atoms with Gasteiger partial charge >= 0.3 is 0 Å². The lowest BCUT2D eigenvalue weighted by Crippen LogP contribution is -2.47. The molecule has 0 radical (unpaired) electrons. The van der Waals surface area contributed by atoms with E-state index < -0.39 is 0 Å². The van der Waals surface area contributed by atoms with Gasteiger partial charge in [0.05, 0.1) is 6.61 Å². The van der Waals surface area contributed by atoms with Crippen molar-refractivity contribution in [3.63, 3.8) is 0 Å². The maximum Gasteiger partial charge on any atom is 0.251 e. The van der Waals surface area contributed by atoms with Gasteiger partial charge in [-0.05, 0) is 45.0 Å². The van der Waals surface area contributed by atoms with Crippen LogP contribution in [0.4, 0.5) is 0 Å². The molecule has 0 aliphatic carbocycles. The van der Waals surface area contributed by atoms with Crippen LogP contribution in [0.3, 0.4) is 0 Å². The van der Waals surface area contributed by atoms with E-state index in [4.69, 9.17) is 4.74 Å². The van der Waals surface area contributed by atoms with Crippen LogP contribution in [0.5, 0.6) is 0 Å². The van der Waals surface area contributed by atoms with Crippen LogP contribution in [0.15, 0.2) is 24.3 Å². The monoisotopic (exact) mass is 276 g/mol. The van der Waals surface area contributed by atoms with Crippen LogP contribution in [0, 0.1) is 12.3 Å². The summed E-state index contributed by atoms with van der Waals surface area (Å²) in [6, 6.07) is 7.68. The van der Waals surface area contributed by atoms with Gasteiger partial charge in [0.25, 0.3) is 5.91 Å². The van der Waals surface area contributed by atoms with Gasteiger partial charge in [0.1, 0.15) is 0 Å². The Bertz CT molecular complexity index is 448. The van der Waals surface area contributed by atoms with E-state index in [1.54, 1.807) is 7.11 Å². The summed E-state index contributed by atoms with van der Waals surface area (Å²) in [5.74, 6) is 0.00251. The van der Waals surface area contributed by atoms with E-state index in [9.17, 15) is 4.79 Å². The number of aryl methyl sites for hydroxylation is 1. The van der Waals surface area contributed by atoms with E-state index in [-0.39, 0.29) is 11.3 Å². The molecule has 1 amide bonds. The van der Waals surface area contributed by atoms with Gasteiger partial charge in [0.15, 0.2) is 0 Å². The highest BCUT2D eigenvalue weighted by Crippen LogP contribution is 2.28. The number of piperidine rings is 1. The quantitative estimate of drug-likeness (QED) is 0.861. The van der Waals surface area contributed by atoms with E-state index in [1.165, 1.54) is 0 Å². The molecule has 1 aliphatic rings. The van der Waals surface area contributed by atoms with E-state index in [2.05, 4.69) is 10.6 Å². The van der Waals surface area contributed by atoms with Crippen molar-refractivity contribution >= 4 is 5.91 Å². The summed E-state index contributed by atoms with van der Waals surface area (Å²) in [5.41, 5.74) is 1.90. The highest BCUT2D eigenvalue weighted by atomic mass is 16.5. The van der Waals surface area contributed by atoms with E-state index in [0.717, 1.165) is 37.1 Å². The Balaban J connectivity index is 1.96. The molecule has 1 aliphatic heterocycles. The summed E-state index contributed by atoms with van der Waals surface area (Å²) in [5, 5.41) is 6.43. The van der Waals surface area contributed by atoms with Crippen LogP contribution in [-0.2, 0) is 4.74 Å². The molecule has 1 heterocycles. The van der Waals surface area contributed by atoms with Crippen molar-refractivity contribution < 1.29 is 9.53 Å². The fourth-order valence-corrected chi connectivity index (χ4v) is 2.79. The van der Waals surface area contributed by atoms with Gasteiger partial charge in [-0.1, -0.05) is 17.7 Å². The Labute approximate surface area is 120 Å². The second kappa shape index (κ2) is 6.86. The SMILES string of the molecule is COCC1(CNC(=O)c2cccc(C)c2)CCNCC1. The fraction of sp³-hybridized carbons (Fsp3) is 0.562. The third-order valence-electron chi connectivity index (χ3n) is 4.02. The van der Waals surface area contributed by atoms with Crippen LogP contribution in [0.1, 0.15) is 28.8 Å². The lowest BCUT2D eigenvalue weighted by atomic mass is 9.79. The van der Waals surface area contributed by atoms with Gasteiger partial charge in [0, 0.05) is 24.6 Å². The molecule has 0 saturated carbocycles. The topological polar surface area (TPSA) is 50.4 Å². The second-order valence-corrected chi connectivity index (χ2v) is 5.74. The average Bonchev–Trinajstić information content (AvgIpc) is 2.46. The van der Waals surface area contributed by atoms with Gasteiger partial charge in [-0.15, -0.1) is 0 Å². The minimum atomic E-state index is 0.00251. The van der Waals surface area contributed by atoms with Crippen molar-refractivity contribution in [1.29, 1.82) is 0 Å². The molecule has 4 heteroatoms. The second-order valence-electron chi connectivity index (χ2n) is 5.74. The third kappa shape index (κ3) is 3.81. The maximum atomic E-state index is 12.2. The molecule has 110 valence electrons. The number of carbonyl (C=O) groups excluding carboxylic acids is 1. The van der Waals surface area contributed by atoms with Crippen molar-refractivity contribution in [3.8, 4) is 0 Å². The van der Waals surface area contributed by atoms with Crippen molar-refractivity contribution in [1.82, 2.24) is 10.6 Å². The Morgan fingerprint density at radius 2 is 2.15 bits per heavy atom. The Hall–Kier alpha value is -1.39. The lowest BCUT2D eigenvalue weighted by Gasteiger charge is -2.37. The summed E-state index contributed by atoms with van der Waals surface area (Å²) in [7, 11) is 1.73. The Morgan fingerprint density at radius 1 is 1.40 bits per heavy atom. The molecule has 4 nitrogen and oxygen atoms in total. The zero-order valence-electron chi connectivity index (χ0n) is 12.4. The zero-order chi connectivity index (χ0) is 14.4. The Kier molecular flexibility index (Phi) is 5.15. The van der Waals surface area contributed by atoms with E-state index in [0.29, 0.717) is 13.2 Å². The summed E-state index contributed by atoms with van der Waals surface area (Å²) < 4.78 is 5.36. The normalized spacial score (nSPS) is 17.7. The van der Waals surface area contributed by atoms with Gasteiger partial charge in [-0.2, -0.15) is 0 Å². The van der Waals surface area contributed by atoms with Gasteiger partial charge in [0.2, 0.25) is 0 Å². The van der Waals surface area contributed by atoms with Gasteiger partial charge < -0.3 is 15.4 Å². The first kappa shape index (κ1) is 15.0. The third-order valence-corrected chi connectivity index (χ3v) is 4.02. The van der Waals surface area contributed by atoms with Crippen LogP contribution in [0.2, 0.25) is 0 Å². The number of rotatable bonds is 5. The smallest absolute Gasteiger partial charge is 0.251 e. The summed E-state index contributed by atoms with van der Waals surface area (Å²) >= 11 is 0. The first-order valence-electron chi connectivity index (χ1n) is 7.20. The number of hydrogen-bond acceptors (Lipinski definition) is 3. The average molecular weight is 276 g/mol. The molecule has 0 spiro atoms. The first-order chi connectivity index (χ1) is 9.65. The van der Waals surface area contributed by atoms with Crippen molar-refractivity contribution in [3.05, 3.63) is 35.4 Å². The summed E-state index contributed by atoms with van der Waals surface area (Å²) in [4.78, 5) is 12.2. The standard InChI is InChI=1S/C16H24N2O2/c1-13-4-3-5-14(10-13)15(19)18-11-16(12-20-2)6-8-17-9-7-16/h3-5,10,17H,6-9,11-12H2,1-2H3,(H,18,19). The number of carbonyl (C=O) groups is 1. The summed E-state index contributed by atoms with van der Waals surface area (Å²) in [6.07, 6.45) is 2.07. The summed E-state index contributed by atoms with van der Waals surface area (Å²) in [6.45, 7) is 5.35. The minimum absolute atomic E-state index is 0.00251. The molecule has 2 rings (SSSR count). The number of benzene rings is 1. The van der Waals surface area contributed by atoms with E-state index >= 15 is 0 Å². The molecule has 1 fully saturated rings. The number of ether oxygens (including phenoxy) is 1. The molecule has 1 aromatic carbocycles. The number of methoxy groups -OCH3 is 1. The molecule has 1 saturated heterocycles. The van der Waals surface area contributed by atoms with Crippen molar-refractivity contribution in [2.75, 3.05) is 33.4 Å². The molecular weight excluding hydrogens is 252 g/mol. The molecule has 1 aromatic rings. The van der Waals surface area contributed by atoms with Crippen LogP contribution in [0.25, 0.3) is 0 Å². The number of nitrogens with one attached hydrogen (secondary N) is 2. The number of hydrogen-bond donors (Lipinski definition) is 2. The Morgan fingerprint density at radius 3 is 2.80 bits per heavy atom. The minimum Gasteiger partial charge on any atom is -0.384 e. The molecule has 0 aromatic heterocycles. The largest absolute Gasteiger partial charge is 0.384 e. The maximum absolute atomic E-state index is 12.2. The molecular formula is C16H24N2O2. The lowest BCUT2D eigenvalue weighted by molar-refractivity contribution is 0.0511. The molecule has 0 bridgehead atoms. The van der Waals surface area contributed by atoms with Crippen LogP contribution in [-0.4, -0.2) is 39.3 Å². The predicted molar refractivity (Wildman–Crippen MR) is 79.9 cm³/mol. The van der Waals surface area contributed by atoms with E-state index in [1.807, 2.05) is 31.2 Å². The zero-order valence-corrected chi connectivity index (χ0v) is 12.4. The van der Waals surface area contributed by atoms with Crippen LogP contribution < -0.4 is 10.6 Å². The van der Waals surface area contributed by atoms with Crippen molar-refractivity contribution in [2.24, 2.45) is 5.41 Å². The first-order valence-corrected chi connectivity index (χ1v) is 7.20. The highest BCUT2D eigenvalue weighted by molar-refractivity contribution is 5.94. The number of amides is 1. The molecule has 2 N–H and O–H groups in total. The molecule has 0 atom stereocenters. The molecule has 0 unspecified atom stereocenters. The predicted octanol–water partition coefficient (Wildman–Crippen LogP) is 1.74. The van der Waals surface area contributed by atoms with Gasteiger partial charge in [-0.25, -0.2) is 0 Å². The molecule has 20 heavy (non-hydrogen) atoms. The van der Waals surface area contributed by atoms with Crippen LogP contribution >= 0.6 is 0 Å². The highest BCUT2D eigenvalue weighted by Gasteiger charge is 2.32.